The number of hydrogen-bond donors (Lipinski definition) is 2. The molecule has 0 unspecified atom stereocenters. The number of para-hydroxylation sites is 1. The van der Waals surface area contributed by atoms with Crippen molar-refractivity contribution in [3.8, 4) is 5.75 Å². The predicted molar refractivity (Wildman–Crippen MR) is 70.3 cm³/mol. The number of phenolic OH excluding ortho intramolecular Hbond substituents is 1. The number of primary amides is 1. The molecular weight excluding hydrogens is 228 g/mol. The smallest absolute Gasteiger partial charge is 0.250 e. The SMILES string of the molecule is NC(=O)c1ccccc1N=Cc1ccc(O)cc1. The van der Waals surface area contributed by atoms with Gasteiger partial charge in [-0.3, -0.25) is 9.79 Å². The van der Waals surface area contributed by atoms with Crippen LogP contribution in [0.5, 0.6) is 5.75 Å². The van der Waals surface area contributed by atoms with Crippen molar-refractivity contribution in [3.05, 3.63) is 59.7 Å². The molecule has 0 radical (unpaired) electrons. The Kier molecular flexibility index (Phi) is 3.38. The Balaban J connectivity index is 2.29. The quantitative estimate of drug-likeness (QED) is 0.807. The highest BCUT2D eigenvalue weighted by Gasteiger charge is 2.04. The number of carbonyl (C=O) groups is 1. The summed E-state index contributed by atoms with van der Waals surface area (Å²) in [5, 5.41) is 9.15. The van der Waals surface area contributed by atoms with Crippen LogP contribution in [-0.4, -0.2) is 17.2 Å². The maximum atomic E-state index is 11.2. The lowest BCUT2D eigenvalue weighted by molar-refractivity contribution is 0.100. The number of phenols is 1. The maximum absolute atomic E-state index is 11.2. The van der Waals surface area contributed by atoms with Gasteiger partial charge in [-0.1, -0.05) is 12.1 Å². The number of aromatic hydroxyl groups is 1. The van der Waals surface area contributed by atoms with Crippen molar-refractivity contribution in [1.82, 2.24) is 0 Å². The maximum Gasteiger partial charge on any atom is 0.250 e. The number of hydrogen-bond acceptors (Lipinski definition) is 3. The summed E-state index contributed by atoms with van der Waals surface area (Å²) in [4.78, 5) is 15.4. The summed E-state index contributed by atoms with van der Waals surface area (Å²) in [5.41, 5.74) is 6.99. The Morgan fingerprint density at radius 3 is 2.44 bits per heavy atom. The second-order valence-electron chi connectivity index (χ2n) is 3.73. The number of carbonyl (C=O) groups excluding carboxylic acids is 1. The van der Waals surface area contributed by atoms with E-state index in [-0.39, 0.29) is 5.75 Å². The summed E-state index contributed by atoms with van der Waals surface area (Å²) in [6, 6.07) is 13.5. The third kappa shape index (κ3) is 2.74. The first-order chi connectivity index (χ1) is 8.66. The molecule has 2 aromatic carbocycles. The van der Waals surface area contributed by atoms with Crippen LogP contribution < -0.4 is 5.73 Å². The number of aliphatic imine (C=N–C) groups is 1. The van der Waals surface area contributed by atoms with Crippen molar-refractivity contribution in [2.75, 3.05) is 0 Å². The molecule has 18 heavy (non-hydrogen) atoms. The Morgan fingerprint density at radius 2 is 1.78 bits per heavy atom. The van der Waals surface area contributed by atoms with Crippen LogP contribution in [0.4, 0.5) is 5.69 Å². The minimum Gasteiger partial charge on any atom is -0.508 e. The zero-order chi connectivity index (χ0) is 13.0. The number of nitrogens with zero attached hydrogens (tertiary/aromatic N) is 1. The van der Waals surface area contributed by atoms with Crippen LogP contribution in [0.25, 0.3) is 0 Å². The fourth-order valence-electron chi connectivity index (χ4n) is 1.50. The van der Waals surface area contributed by atoms with Gasteiger partial charge in [0, 0.05) is 6.21 Å². The van der Waals surface area contributed by atoms with Crippen molar-refractivity contribution in [2.45, 2.75) is 0 Å². The van der Waals surface area contributed by atoms with E-state index in [0.29, 0.717) is 11.3 Å². The predicted octanol–water partition coefficient (Wildman–Crippen LogP) is 2.24. The molecular formula is C14H12N2O2. The van der Waals surface area contributed by atoms with E-state index in [0.717, 1.165) is 5.56 Å². The normalized spacial score (nSPS) is 10.7. The highest BCUT2D eigenvalue weighted by atomic mass is 16.3. The fourth-order valence-corrected chi connectivity index (χ4v) is 1.50. The molecule has 4 heteroatoms. The molecule has 0 aliphatic carbocycles. The zero-order valence-corrected chi connectivity index (χ0v) is 9.58. The molecule has 0 aliphatic rings. The highest BCUT2D eigenvalue weighted by Crippen LogP contribution is 2.18. The van der Waals surface area contributed by atoms with Gasteiger partial charge in [0.2, 0.25) is 0 Å². The van der Waals surface area contributed by atoms with Gasteiger partial charge in [-0.2, -0.15) is 0 Å². The fraction of sp³-hybridized carbons (Fsp3) is 0. The highest BCUT2D eigenvalue weighted by molar-refractivity contribution is 5.98. The van der Waals surface area contributed by atoms with E-state index in [1.807, 2.05) is 0 Å². The zero-order valence-electron chi connectivity index (χ0n) is 9.58. The molecule has 1 amide bonds. The van der Waals surface area contributed by atoms with Crippen molar-refractivity contribution < 1.29 is 9.90 Å². The first kappa shape index (κ1) is 11.9. The summed E-state index contributed by atoms with van der Waals surface area (Å²) < 4.78 is 0. The molecule has 0 aliphatic heterocycles. The van der Waals surface area contributed by atoms with Crippen LogP contribution in [0, 0.1) is 0 Å². The van der Waals surface area contributed by atoms with E-state index in [1.54, 1.807) is 54.7 Å². The van der Waals surface area contributed by atoms with Gasteiger partial charge in [-0.05, 0) is 42.0 Å². The molecule has 4 nitrogen and oxygen atoms in total. The molecule has 0 saturated carbocycles. The molecule has 0 bridgehead atoms. The van der Waals surface area contributed by atoms with Crippen molar-refractivity contribution in [3.63, 3.8) is 0 Å². The Hall–Kier alpha value is -2.62. The molecule has 0 fully saturated rings. The molecule has 0 aromatic heterocycles. The van der Waals surface area contributed by atoms with Crippen LogP contribution >= 0.6 is 0 Å². The summed E-state index contributed by atoms with van der Waals surface area (Å²) in [6.45, 7) is 0. The van der Waals surface area contributed by atoms with E-state index in [4.69, 9.17) is 10.8 Å². The Morgan fingerprint density at radius 1 is 1.11 bits per heavy atom. The number of nitrogens with two attached hydrogens (primary N) is 1. The van der Waals surface area contributed by atoms with Gasteiger partial charge in [0.25, 0.3) is 5.91 Å². The minimum atomic E-state index is -0.506. The van der Waals surface area contributed by atoms with Gasteiger partial charge >= 0.3 is 0 Å². The number of amides is 1. The van der Waals surface area contributed by atoms with Crippen molar-refractivity contribution in [2.24, 2.45) is 10.7 Å². The van der Waals surface area contributed by atoms with E-state index >= 15 is 0 Å². The van der Waals surface area contributed by atoms with E-state index in [2.05, 4.69) is 4.99 Å². The van der Waals surface area contributed by atoms with Gasteiger partial charge in [0.1, 0.15) is 5.75 Å². The van der Waals surface area contributed by atoms with Crippen LogP contribution in [0.2, 0.25) is 0 Å². The van der Waals surface area contributed by atoms with Crippen molar-refractivity contribution in [1.29, 1.82) is 0 Å². The van der Waals surface area contributed by atoms with Crippen LogP contribution in [0.3, 0.4) is 0 Å². The lowest BCUT2D eigenvalue weighted by Gasteiger charge is -2.00. The van der Waals surface area contributed by atoms with Gasteiger partial charge in [-0.25, -0.2) is 0 Å². The third-order valence-corrected chi connectivity index (χ3v) is 2.42. The van der Waals surface area contributed by atoms with Gasteiger partial charge in [0.15, 0.2) is 0 Å². The largest absolute Gasteiger partial charge is 0.508 e. The third-order valence-electron chi connectivity index (χ3n) is 2.42. The lowest BCUT2D eigenvalue weighted by Crippen LogP contribution is -2.10. The van der Waals surface area contributed by atoms with E-state index < -0.39 is 5.91 Å². The van der Waals surface area contributed by atoms with Crippen LogP contribution in [-0.2, 0) is 0 Å². The second-order valence-corrected chi connectivity index (χ2v) is 3.73. The van der Waals surface area contributed by atoms with E-state index in [1.165, 1.54) is 0 Å². The Labute approximate surface area is 104 Å². The first-order valence-corrected chi connectivity index (χ1v) is 5.39. The van der Waals surface area contributed by atoms with E-state index in [9.17, 15) is 4.79 Å². The molecule has 2 aromatic rings. The summed E-state index contributed by atoms with van der Waals surface area (Å²) in [7, 11) is 0. The molecule has 0 saturated heterocycles. The van der Waals surface area contributed by atoms with Crippen molar-refractivity contribution >= 4 is 17.8 Å². The standard InChI is InChI=1S/C14H12N2O2/c15-14(18)12-3-1-2-4-13(12)16-9-10-5-7-11(17)8-6-10/h1-9,17H,(H2,15,18). The summed E-state index contributed by atoms with van der Waals surface area (Å²) >= 11 is 0. The van der Waals surface area contributed by atoms with Crippen LogP contribution in [0.15, 0.2) is 53.5 Å². The number of rotatable bonds is 3. The van der Waals surface area contributed by atoms with Crippen LogP contribution in [0.1, 0.15) is 15.9 Å². The molecule has 0 spiro atoms. The molecule has 0 atom stereocenters. The first-order valence-electron chi connectivity index (χ1n) is 5.39. The average molecular weight is 240 g/mol. The molecule has 0 heterocycles. The second kappa shape index (κ2) is 5.14. The topological polar surface area (TPSA) is 75.7 Å². The minimum absolute atomic E-state index is 0.199. The monoisotopic (exact) mass is 240 g/mol. The summed E-state index contributed by atoms with van der Waals surface area (Å²) in [6.07, 6.45) is 1.61. The molecule has 3 N–H and O–H groups in total. The molecule has 2 rings (SSSR count). The average Bonchev–Trinajstić information content (AvgIpc) is 2.38. The van der Waals surface area contributed by atoms with Gasteiger partial charge < -0.3 is 10.8 Å². The Bertz CT molecular complexity index is 589. The molecule has 90 valence electrons. The lowest BCUT2D eigenvalue weighted by atomic mass is 10.1. The van der Waals surface area contributed by atoms with Gasteiger partial charge in [-0.15, -0.1) is 0 Å². The summed E-state index contributed by atoms with van der Waals surface area (Å²) in [5.74, 6) is -0.307. The van der Waals surface area contributed by atoms with Gasteiger partial charge in [0.05, 0.1) is 11.3 Å². The number of benzene rings is 2.